The molecule has 0 aromatic heterocycles. The molecule has 2 aliphatic rings. The van der Waals surface area contributed by atoms with Crippen molar-refractivity contribution in [1.82, 2.24) is 5.32 Å². The summed E-state index contributed by atoms with van der Waals surface area (Å²) in [6.45, 7) is 2.38. The number of methoxy groups -OCH3 is 1. The fourth-order valence-electron chi connectivity index (χ4n) is 3.99. The van der Waals surface area contributed by atoms with Gasteiger partial charge in [-0.15, -0.1) is 0 Å². The average molecular weight is 273 g/mol. The number of hydrogen-bond acceptors (Lipinski definition) is 2. The van der Waals surface area contributed by atoms with E-state index >= 15 is 0 Å². The fourth-order valence-corrected chi connectivity index (χ4v) is 3.99. The van der Waals surface area contributed by atoms with Gasteiger partial charge >= 0.3 is 0 Å². The molecule has 2 atom stereocenters. The zero-order valence-electron chi connectivity index (χ0n) is 12.8. The van der Waals surface area contributed by atoms with E-state index in [1.807, 2.05) is 0 Å². The van der Waals surface area contributed by atoms with Crippen LogP contribution in [0.5, 0.6) is 5.75 Å². The van der Waals surface area contributed by atoms with E-state index in [0.29, 0.717) is 12.1 Å². The molecule has 0 aliphatic heterocycles. The van der Waals surface area contributed by atoms with Crippen LogP contribution in [-0.2, 0) is 6.42 Å². The minimum atomic E-state index is 0.518. The molecular weight excluding hydrogens is 246 g/mol. The summed E-state index contributed by atoms with van der Waals surface area (Å²) in [4.78, 5) is 0. The van der Waals surface area contributed by atoms with Gasteiger partial charge in [-0.1, -0.05) is 18.9 Å². The first-order valence-electron chi connectivity index (χ1n) is 8.21. The van der Waals surface area contributed by atoms with Gasteiger partial charge < -0.3 is 10.1 Å². The Morgan fingerprint density at radius 1 is 1.15 bits per heavy atom. The Hall–Kier alpha value is -1.02. The molecule has 1 aromatic carbocycles. The second-order valence-electron chi connectivity index (χ2n) is 6.51. The van der Waals surface area contributed by atoms with Gasteiger partial charge in [0.1, 0.15) is 5.75 Å². The molecule has 1 fully saturated rings. The van der Waals surface area contributed by atoms with Crippen LogP contribution >= 0.6 is 0 Å². The van der Waals surface area contributed by atoms with Crippen LogP contribution < -0.4 is 10.1 Å². The monoisotopic (exact) mass is 273 g/mol. The van der Waals surface area contributed by atoms with E-state index in [0.717, 1.165) is 11.7 Å². The highest BCUT2D eigenvalue weighted by Crippen LogP contribution is 2.35. The molecule has 1 aromatic rings. The van der Waals surface area contributed by atoms with Gasteiger partial charge in [0.25, 0.3) is 0 Å². The summed E-state index contributed by atoms with van der Waals surface area (Å²) in [5.74, 6) is 1.87. The number of ether oxygens (including phenoxy) is 1. The van der Waals surface area contributed by atoms with E-state index in [1.165, 1.54) is 56.1 Å². The van der Waals surface area contributed by atoms with Crippen LogP contribution in [0, 0.1) is 5.92 Å². The minimum Gasteiger partial charge on any atom is -0.497 e. The van der Waals surface area contributed by atoms with E-state index < -0.39 is 0 Å². The van der Waals surface area contributed by atoms with Crippen LogP contribution in [0.15, 0.2) is 18.2 Å². The molecular formula is C18H27NO. The zero-order valence-corrected chi connectivity index (χ0v) is 12.8. The number of rotatable bonds is 4. The summed E-state index contributed by atoms with van der Waals surface area (Å²) >= 11 is 0. The SMILES string of the molecule is COc1ccc2c(c1)C(NC(C)C1CCCC1)CCC2. The van der Waals surface area contributed by atoms with Gasteiger partial charge in [0, 0.05) is 12.1 Å². The maximum absolute atomic E-state index is 5.41. The first-order valence-corrected chi connectivity index (χ1v) is 8.21. The van der Waals surface area contributed by atoms with E-state index in [4.69, 9.17) is 4.74 Å². The Morgan fingerprint density at radius 2 is 1.95 bits per heavy atom. The molecule has 0 bridgehead atoms. The lowest BCUT2D eigenvalue weighted by Gasteiger charge is -2.32. The van der Waals surface area contributed by atoms with Crippen molar-refractivity contribution in [2.75, 3.05) is 7.11 Å². The maximum Gasteiger partial charge on any atom is 0.119 e. The van der Waals surface area contributed by atoms with E-state index in [9.17, 15) is 0 Å². The molecule has 0 radical (unpaired) electrons. The Kier molecular flexibility index (Phi) is 4.30. The Morgan fingerprint density at radius 3 is 2.70 bits per heavy atom. The van der Waals surface area contributed by atoms with Gasteiger partial charge in [-0.25, -0.2) is 0 Å². The number of fused-ring (bicyclic) bond motifs is 1. The number of aryl methyl sites for hydroxylation is 1. The predicted molar refractivity (Wildman–Crippen MR) is 83.2 cm³/mol. The molecule has 1 saturated carbocycles. The largest absolute Gasteiger partial charge is 0.497 e. The molecule has 2 aliphatic carbocycles. The first kappa shape index (κ1) is 13.9. The van der Waals surface area contributed by atoms with Crippen LogP contribution in [0.1, 0.15) is 62.6 Å². The molecule has 0 amide bonds. The number of nitrogens with one attached hydrogen (secondary N) is 1. The lowest BCUT2D eigenvalue weighted by molar-refractivity contribution is 0.323. The van der Waals surface area contributed by atoms with Gasteiger partial charge in [-0.05, 0) is 68.2 Å². The molecule has 2 nitrogen and oxygen atoms in total. The van der Waals surface area contributed by atoms with Gasteiger partial charge in [-0.2, -0.15) is 0 Å². The third-order valence-corrected chi connectivity index (χ3v) is 5.24. The molecule has 2 unspecified atom stereocenters. The van der Waals surface area contributed by atoms with Gasteiger partial charge in [0.2, 0.25) is 0 Å². The summed E-state index contributed by atoms with van der Waals surface area (Å²) in [7, 11) is 1.76. The Labute approximate surface area is 122 Å². The van der Waals surface area contributed by atoms with Crippen molar-refractivity contribution in [2.24, 2.45) is 5.92 Å². The molecule has 0 heterocycles. The van der Waals surface area contributed by atoms with Crippen molar-refractivity contribution in [3.05, 3.63) is 29.3 Å². The fraction of sp³-hybridized carbons (Fsp3) is 0.667. The lowest BCUT2D eigenvalue weighted by Crippen LogP contribution is -2.37. The van der Waals surface area contributed by atoms with Crippen LogP contribution in [0.2, 0.25) is 0 Å². The summed E-state index contributed by atoms with van der Waals surface area (Å²) in [5.41, 5.74) is 2.98. The normalized spacial score (nSPS) is 24.4. The van der Waals surface area contributed by atoms with E-state index in [-0.39, 0.29) is 0 Å². The molecule has 0 spiro atoms. The topological polar surface area (TPSA) is 21.3 Å². The van der Waals surface area contributed by atoms with Crippen molar-refractivity contribution >= 4 is 0 Å². The molecule has 2 heteroatoms. The highest BCUT2D eigenvalue weighted by atomic mass is 16.5. The van der Waals surface area contributed by atoms with Gasteiger partial charge in [0.15, 0.2) is 0 Å². The molecule has 110 valence electrons. The first-order chi connectivity index (χ1) is 9.78. The lowest BCUT2D eigenvalue weighted by atomic mass is 9.86. The minimum absolute atomic E-state index is 0.518. The van der Waals surface area contributed by atoms with E-state index in [1.54, 1.807) is 7.11 Å². The van der Waals surface area contributed by atoms with Crippen LogP contribution in [-0.4, -0.2) is 13.2 Å². The molecule has 1 N–H and O–H groups in total. The van der Waals surface area contributed by atoms with Crippen LogP contribution in [0.4, 0.5) is 0 Å². The van der Waals surface area contributed by atoms with Crippen molar-refractivity contribution in [3.63, 3.8) is 0 Å². The van der Waals surface area contributed by atoms with Crippen LogP contribution in [0.25, 0.3) is 0 Å². The summed E-state index contributed by atoms with van der Waals surface area (Å²) in [6, 6.07) is 7.75. The van der Waals surface area contributed by atoms with Gasteiger partial charge in [0.05, 0.1) is 7.11 Å². The number of benzene rings is 1. The van der Waals surface area contributed by atoms with Crippen molar-refractivity contribution in [1.29, 1.82) is 0 Å². The standard InChI is InChI=1S/C18H27NO/c1-13(14-6-3-4-7-14)19-18-9-5-8-15-10-11-16(20-2)12-17(15)18/h10-14,18-19H,3-9H2,1-2H3. The van der Waals surface area contributed by atoms with Crippen LogP contribution in [0.3, 0.4) is 0 Å². The van der Waals surface area contributed by atoms with Crippen molar-refractivity contribution in [2.45, 2.75) is 64.0 Å². The average Bonchev–Trinajstić information content (AvgIpc) is 3.01. The smallest absolute Gasteiger partial charge is 0.119 e. The summed E-state index contributed by atoms with van der Waals surface area (Å²) < 4.78 is 5.41. The quantitative estimate of drug-likeness (QED) is 0.886. The Balaban J connectivity index is 1.74. The predicted octanol–water partition coefficient (Wildman–Crippen LogP) is 4.24. The number of hydrogen-bond donors (Lipinski definition) is 1. The zero-order chi connectivity index (χ0) is 13.9. The van der Waals surface area contributed by atoms with E-state index in [2.05, 4.69) is 30.4 Å². The third-order valence-electron chi connectivity index (χ3n) is 5.24. The second kappa shape index (κ2) is 6.17. The molecule has 20 heavy (non-hydrogen) atoms. The second-order valence-corrected chi connectivity index (χ2v) is 6.51. The highest BCUT2D eigenvalue weighted by molar-refractivity contribution is 5.39. The van der Waals surface area contributed by atoms with Crippen molar-refractivity contribution in [3.8, 4) is 5.75 Å². The molecule has 3 rings (SSSR count). The highest BCUT2D eigenvalue weighted by Gasteiger charge is 2.26. The van der Waals surface area contributed by atoms with Crippen molar-refractivity contribution < 1.29 is 4.74 Å². The Bertz CT molecular complexity index is 451. The summed E-state index contributed by atoms with van der Waals surface area (Å²) in [6.07, 6.45) is 9.44. The third kappa shape index (κ3) is 2.85. The molecule has 0 saturated heterocycles. The summed E-state index contributed by atoms with van der Waals surface area (Å²) in [5, 5.41) is 3.91. The maximum atomic E-state index is 5.41. The van der Waals surface area contributed by atoms with Gasteiger partial charge in [-0.3, -0.25) is 0 Å².